The first-order chi connectivity index (χ1) is 9.29. The fraction of sp³-hybridized carbons (Fsp3) is 0.462. The van der Waals surface area contributed by atoms with Gasteiger partial charge in [-0.05, 0) is 43.5 Å². The molecule has 20 heavy (non-hydrogen) atoms. The van der Waals surface area contributed by atoms with Crippen LogP contribution in [-0.2, 0) is 14.8 Å². The molecule has 7 heteroatoms. The third-order valence-electron chi connectivity index (χ3n) is 3.52. The van der Waals surface area contributed by atoms with E-state index in [-0.39, 0.29) is 29.1 Å². The van der Waals surface area contributed by atoms with Gasteiger partial charge in [0.1, 0.15) is 4.90 Å². The Morgan fingerprint density at radius 1 is 1.35 bits per heavy atom. The number of hydrogen-bond acceptors (Lipinski definition) is 4. The van der Waals surface area contributed by atoms with E-state index in [1.165, 1.54) is 0 Å². The Balaban J connectivity index is 2.14. The van der Waals surface area contributed by atoms with Crippen molar-refractivity contribution in [1.29, 1.82) is 0 Å². The number of anilines is 1. The minimum atomic E-state index is -3.66. The Labute approximate surface area is 118 Å². The molecule has 110 valence electrons. The van der Waals surface area contributed by atoms with E-state index >= 15 is 0 Å². The topological polar surface area (TPSA) is 101 Å². The minimum absolute atomic E-state index is 0.0418. The van der Waals surface area contributed by atoms with Crippen LogP contribution in [0.25, 0.3) is 0 Å². The van der Waals surface area contributed by atoms with Gasteiger partial charge in [0.15, 0.2) is 0 Å². The molecule has 0 radical (unpaired) electrons. The van der Waals surface area contributed by atoms with Crippen molar-refractivity contribution in [2.75, 3.05) is 12.3 Å². The summed E-state index contributed by atoms with van der Waals surface area (Å²) >= 11 is 0. The SMILES string of the molecule is Cc1cc(N)c(S(=O)(=O)NCC2CCC(=O)N2)cc1C. The molecule has 1 amide bonds. The van der Waals surface area contributed by atoms with Crippen molar-refractivity contribution in [2.45, 2.75) is 37.6 Å². The van der Waals surface area contributed by atoms with E-state index in [2.05, 4.69) is 10.0 Å². The first-order valence-electron chi connectivity index (χ1n) is 6.45. The van der Waals surface area contributed by atoms with Gasteiger partial charge in [0.25, 0.3) is 0 Å². The molecule has 0 saturated carbocycles. The molecule has 2 rings (SSSR count). The van der Waals surface area contributed by atoms with E-state index in [0.29, 0.717) is 12.8 Å². The normalized spacial score (nSPS) is 19.1. The van der Waals surface area contributed by atoms with Crippen molar-refractivity contribution in [1.82, 2.24) is 10.0 Å². The van der Waals surface area contributed by atoms with E-state index in [0.717, 1.165) is 11.1 Å². The molecular formula is C13H19N3O3S. The summed E-state index contributed by atoms with van der Waals surface area (Å²) in [5.74, 6) is -0.0418. The molecule has 1 saturated heterocycles. The summed E-state index contributed by atoms with van der Waals surface area (Å²) in [5, 5.41) is 2.72. The van der Waals surface area contributed by atoms with Crippen molar-refractivity contribution in [3.05, 3.63) is 23.3 Å². The summed E-state index contributed by atoms with van der Waals surface area (Å²) < 4.78 is 27.0. The van der Waals surface area contributed by atoms with Gasteiger partial charge in [0.05, 0.1) is 5.69 Å². The maximum atomic E-state index is 12.3. The zero-order chi connectivity index (χ0) is 14.9. The Kier molecular flexibility index (Phi) is 4.01. The summed E-state index contributed by atoms with van der Waals surface area (Å²) in [6.45, 7) is 3.90. The molecule has 4 N–H and O–H groups in total. The van der Waals surface area contributed by atoms with Crippen LogP contribution in [0.5, 0.6) is 0 Å². The molecular weight excluding hydrogens is 278 g/mol. The average Bonchev–Trinajstić information content (AvgIpc) is 2.77. The summed E-state index contributed by atoms with van der Waals surface area (Å²) in [7, 11) is -3.66. The standard InChI is InChI=1S/C13H19N3O3S/c1-8-5-11(14)12(6-9(8)2)20(18,19)15-7-10-3-4-13(17)16-10/h5-6,10,15H,3-4,7,14H2,1-2H3,(H,16,17). The molecule has 0 aliphatic carbocycles. The number of nitrogens with two attached hydrogens (primary N) is 1. The molecule has 1 atom stereocenters. The average molecular weight is 297 g/mol. The van der Waals surface area contributed by atoms with E-state index in [1.807, 2.05) is 13.8 Å². The van der Waals surface area contributed by atoms with E-state index in [1.54, 1.807) is 12.1 Å². The number of hydrogen-bond donors (Lipinski definition) is 3. The molecule has 1 aliphatic heterocycles. The van der Waals surface area contributed by atoms with Crippen LogP contribution in [0.1, 0.15) is 24.0 Å². The van der Waals surface area contributed by atoms with Gasteiger partial charge >= 0.3 is 0 Å². The lowest BCUT2D eigenvalue weighted by Gasteiger charge is -2.14. The Hall–Kier alpha value is -1.60. The molecule has 1 heterocycles. The van der Waals surface area contributed by atoms with Gasteiger partial charge in [-0.3, -0.25) is 4.79 Å². The Morgan fingerprint density at radius 2 is 2.00 bits per heavy atom. The smallest absolute Gasteiger partial charge is 0.242 e. The Bertz CT molecular complexity index is 641. The maximum Gasteiger partial charge on any atom is 0.242 e. The van der Waals surface area contributed by atoms with Crippen LogP contribution in [0.2, 0.25) is 0 Å². The number of carbonyl (C=O) groups is 1. The number of nitrogens with one attached hydrogen (secondary N) is 2. The fourth-order valence-electron chi connectivity index (χ4n) is 2.16. The third kappa shape index (κ3) is 3.10. The van der Waals surface area contributed by atoms with Crippen LogP contribution >= 0.6 is 0 Å². The number of aryl methyl sites for hydroxylation is 2. The highest BCUT2D eigenvalue weighted by atomic mass is 32.2. The van der Waals surface area contributed by atoms with Gasteiger partial charge in [-0.1, -0.05) is 0 Å². The van der Waals surface area contributed by atoms with E-state index < -0.39 is 10.0 Å². The summed E-state index contributed by atoms with van der Waals surface area (Å²) in [6.07, 6.45) is 1.09. The van der Waals surface area contributed by atoms with Crippen molar-refractivity contribution >= 4 is 21.6 Å². The number of carbonyl (C=O) groups excluding carboxylic acids is 1. The zero-order valence-corrected chi connectivity index (χ0v) is 12.4. The van der Waals surface area contributed by atoms with Crippen molar-refractivity contribution in [3.8, 4) is 0 Å². The second kappa shape index (κ2) is 5.41. The molecule has 1 unspecified atom stereocenters. The third-order valence-corrected chi connectivity index (χ3v) is 5.00. The molecule has 0 aromatic heterocycles. The number of sulfonamides is 1. The highest BCUT2D eigenvalue weighted by Gasteiger charge is 2.24. The first kappa shape index (κ1) is 14.8. The number of benzene rings is 1. The van der Waals surface area contributed by atoms with Crippen LogP contribution in [-0.4, -0.2) is 26.9 Å². The second-order valence-electron chi connectivity index (χ2n) is 5.13. The molecule has 1 fully saturated rings. The molecule has 0 spiro atoms. The van der Waals surface area contributed by atoms with Gasteiger partial charge in [-0.2, -0.15) is 0 Å². The fourth-order valence-corrected chi connectivity index (χ4v) is 3.44. The molecule has 1 aromatic carbocycles. The minimum Gasteiger partial charge on any atom is -0.398 e. The van der Waals surface area contributed by atoms with Crippen LogP contribution in [0.15, 0.2) is 17.0 Å². The first-order valence-corrected chi connectivity index (χ1v) is 7.93. The number of nitrogen functional groups attached to an aromatic ring is 1. The Morgan fingerprint density at radius 3 is 2.60 bits per heavy atom. The highest BCUT2D eigenvalue weighted by molar-refractivity contribution is 7.89. The van der Waals surface area contributed by atoms with Gasteiger partial charge in [0, 0.05) is 19.0 Å². The number of amides is 1. The van der Waals surface area contributed by atoms with Crippen LogP contribution in [0.4, 0.5) is 5.69 Å². The molecule has 1 aliphatic rings. The zero-order valence-electron chi connectivity index (χ0n) is 11.6. The van der Waals surface area contributed by atoms with Crippen LogP contribution in [0, 0.1) is 13.8 Å². The molecule has 6 nitrogen and oxygen atoms in total. The van der Waals surface area contributed by atoms with Crippen molar-refractivity contribution in [3.63, 3.8) is 0 Å². The highest BCUT2D eigenvalue weighted by Crippen LogP contribution is 2.22. The van der Waals surface area contributed by atoms with E-state index in [4.69, 9.17) is 5.73 Å². The number of rotatable bonds is 4. The van der Waals surface area contributed by atoms with Gasteiger partial charge in [-0.15, -0.1) is 0 Å². The van der Waals surface area contributed by atoms with Crippen molar-refractivity contribution in [2.24, 2.45) is 0 Å². The lowest BCUT2D eigenvalue weighted by molar-refractivity contribution is -0.119. The van der Waals surface area contributed by atoms with E-state index in [9.17, 15) is 13.2 Å². The summed E-state index contributed by atoms with van der Waals surface area (Å²) in [5.41, 5.74) is 7.84. The van der Waals surface area contributed by atoms with Gasteiger partial charge < -0.3 is 11.1 Å². The van der Waals surface area contributed by atoms with Gasteiger partial charge in [-0.25, -0.2) is 13.1 Å². The predicted molar refractivity (Wildman–Crippen MR) is 76.7 cm³/mol. The van der Waals surface area contributed by atoms with Crippen LogP contribution < -0.4 is 15.8 Å². The van der Waals surface area contributed by atoms with Crippen LogP contribution in [0.3, 0.4) is 0 Å². The molecule has 0 bridgehead atoms. The largest absolute Gasteiger partial charge is 0.398 e. The lowest BCUT2D eigenvalue weighted by Crippen LogP contribution is -2.38. The monoisotopic (exact) mass is 297 g/mol. The quantitative estimate of drug-likeness (QED) is 0.702. The molecule has 1 aromatic rings. The maximum absolute atomic E-state index is 12.3. The lowest BCUT2D eigenvalue weighted by atomic mass is 10.1. The van der Waals surface area contributed by atoms with Crippen molar-refractivity contribution < 1.29 is 13.2 Å². The second-order valence-corrected chi connectivity index (χ2v) is 6.86. The predicted octanol–water partition coefficient (Wildman–Crippen LogP) is 0.443. The summed E-state index contributed by atoms with van der Waals surface area (Å²) in [6, 6.07) is 3.08. The summed E-state index contributed by atoms with van der Waals surface area (Å²) in [4.78, 5) is 11.2. The van der Waals surface area contributed by atoms with Gasteiger partial charge in [0.2, 0.25) is 15.9 Å².